The standard InChI is InChI=1S/C66H40N2S/c1-2-17-43(18-3-1)66-67-60(40-61(68-66)59-39-48-21-8-11-26-55(48)64-63-54-25-10-6-16-42(54)31-32-62(63)69-65(59)64)49-23-14-22-45(34-49)50-35-51(46-30-29-41-15-4-5-19-44(41)33-46)37-52(36-50)58-38-47-20-7-9-24-53(47)56-27-12-13-28-57(56)58/h1-40H. The molecule has 0 saturated carbocycles. The first-order valence-electron chi connectivity index (χ1n) is 23.5. The predicted octanol–water partition coefficient (Wildman–Crippen LogP) is 18.6. The van der Waals surface area contributed by atoms with Gasteiger partial charge in [-0.15, -0.1) is 11.3 Å². The molecule has 0 radical (unpaired) electrons. The largest absolute Gasteiger partial charge is 0.228 e. The van der Waals surface area contributed by atoms with Gasteiger partial charge in [-0.25, -0.2) is 9.97 Å². The van der Waals surface area contributed by atoms with E-state index >= 15 is 0 Å². The number of fused-ring (bicyclic) bond motifs is 11. The predicted molar refractivity (Wildman–Crippen MR) is 295 cm³/mol. The van der Waals surface area contributed by atoms with Crippen LogP contribution in [0.3, 0.4) is 0 Å². The van der Waals surface area contributed by atoms with Crippen molar-refractivity contribution in [3.05, 3.63) is 243 Å². The van der Waals surface area contributed by atoms with Gasteiger partial charge in [0.2, 0.25) is 0 Å². The molecule has 0 aliphatic heterocycles. The van der Waals surface area contributed by atoms with Crippen molar-refractivity contribution in [2.24, 2.45) is 0 Å². The topological polar surface area (TPSA) is 25.8 Å². The van der Waals surface area contributed by atoms with Crippen LogP contribution >= 0.6 is 11.3 Å². The van der Waals surface area contributed by atoms with Crippen LogP contribution in [0.4, 0.5) is 0 Å². The lowest BCUT2D eigenvalue weighted by atomic mass is 9.88. The summed E-state index contributed by atoms with van der Waals surface area (Å²) in [5.74, 6) is 0.699. The van der Waals surface area contributed by atoms with Crippen molar-refractivity contribution in [1.82, 2.24) is 9.97 Å². The van der Waals surface area contributed by atoms with Crippen molar-refractivity contribution in [3.63, 3.8) is 0 Å². The highest BCUT2D eigenvalue weighted by Gasteiger charge is 2.20. The minimum absolute atomic E-state index is 0.699. The second-order valence-corrected chi connectivity index (χ2v) is 19.1. The Morgan fingerprint density at radius 3 is 1.59 bits per heavy atom. The number of nitrogens with zero attached hydrogens (tertiary/aromatic N) is 2. The third-order valence-corrected chi connectivity index (χ3v) is 15.2. The quantitative estimate of drug-likeness (QED) is 0.155. The smallest absolute Gasteiger partial charge is 0.160 e. The van der Waals surface area contributed by atoms with Crippen LogP contribution in [0.25, 0.3) is 141 Å². The summed E-state index contributed by atoms with van der Waals surface area (Å²) in [5, 5.41) is 15.0. The summed E-state index contributed by atoms with van der Waals surface area (Å²) in [6.07, 6.45) is 0. The highest BCUT2D eigenvalue weighted by atomic mass is 32.1. The maximum Gasteiger partial charge on any atom is 0.160 e. The lowest BCUT2D eigenvalue weighted by molar-refractivity contribution is 1.19. The Morgan fingerprint density at radius 2 is 0.797 bits per heavy atom. The molecule has 0 atom stereocenters. The lowest BCUT2D eigenvalue weighted by Crippen LogP contribution is -1.96. The van der Waals surface area contributed by atoms with E-state index in [4.69, 9.17) is 9.97 Å². The Morgan fingerprint density at radius 1 is 0.261 bits per heavy atom. The first kappa shape index (κ1) is 39.4. The first-order chi connectivity index (χ1) is 34.2. The highest BCUT2D eigenvalue weighted by Crippen LogP contribution is 2.47. The molecule has 0 fully saturated rings. The Kier molecular flexibility index (Phi) is 9.11. The fraction of sp³-hybridized carbons (Fsp3) is 0. The molecule has 0 aliphatic carbocycles. The van der Waals surface area contributed by atoms with Gasteiger partial charge in [0.25, 0.3) is 0 Å². The van der Waals surface area contributed by atoms with Crippen LogP contribution in [0, 0.1) is 0 Å². The van der Waals surface area contributed by atoms with Gasteiger partial charge in [0.1, 0.15) is 0 Å². The Labute approximate surface area is 403 Å². The summed E-state index contributed by atoms with van der Waals surface area (Å²) in [7, 11) is 0. The molecule has 0 N–H and O–H groups in total. The van der Waals surface area contributed by atoms with E-state index in [9.17, 15) is 0 Å². The van der Waals surface area contributed by atoms with Crippen LogP contribution in [0.5, 0.6) is 0 Å². The summed E-state index contributed by atoms with van der Waals surface area (Å²) >= 11 is 1.86. The lowest BCUT2D eigenvalue weighted by Gasteiger charge is -2.16. The number of hydrogen-bond donors (Lipinski definition) is 0. The van der Waals surface area contributed by atoms with Gasteiger partial charge in [0, 0.05) is 36.9 Å². The minimum Gasteiger partial charge on any atom is -0.228 e. The van der Waals surface area contributed by atoms with Gasteiger partial charge < -0.3 is 0 Å². The number of aromatic nitrogens is 2. The maximum absolute atomic E-state index is 5.42. The average molecular weight is 893 g/mol. The molecule has 0 amide bonds. The summed E-state index contributed by atoms with van der Waals surface area (Å²) in [6.45, 7) is 0. The van der Waals surface area contributed by atoms with E-state index in [1.807, 2.05) is 17.4 Å². The van der Waals surface area contributed by atoms with Crippen molar-refractivity contribution in [1.29, 1.82) is 0 Å². The monoisotopic (exact) mass is 892 g/mol. The molecule has 0 bridgehead atoms. The Balaban J connectivity index is 0.982. The van der Waals surface area contributed by atoms with Crippen molar-refractivity contribution in [3.8, 4) is 67.3 Å². The zero-order valence-electron chi connectivity index (χ0n) is 37.4. The van der Waals surface area contributed by atoms with E-state index in [0.717, 1.165) is 39.2 Å². The van der Waals surface area contributed by atoms with Crippen LogP contribution in [0.2, 0.25) is 0 Å². The normalized spacial score (nSPS) is 11.8. The third kappa shape index (κ3) is 6.70. The van der Waals surface area contributed by atoms with Crippen LogP contribution < -0.4 is 0 Å². The first-order valence-corrected chi connectivity index (χ1v) is 24.4. The molecule has 2 nitrogen and oxygen atoms in total. The van der Waals surface area contributed by atoms with Crippen LogP contribution in [0.15, 0.2) is 243 Å². The third-order valence-electron chi connectivity index (χ3n) is 14.0. The zero-order valence-corrected chi connectivity index (χ0v) is 38.2. The van der Waals surface area contributed by atoms with Gasteiger partial charge in [0.15, 0.2) is 5.82 Å². The number of hydrogen-bond acceptors (Lipinski definition) is 3. The van der Waals surface area contributed by atoms with Gasteiger partial charge in [-0.2, -0.15) is 0 Å². The van der Waals surface area contributed by atoms with Crippen LogP contribution in [-0.2, 0) is 0 Å². The molecular weight excluding hydrogens is 853 g/mol. The second kappa shape index (κ2) is 16.0. The number of benzene rings is 12. The van der Waals surface area contributed by atoms with E-state index in [1.165, 1.54) is 96.3 Å². The van der Waals surface area contributed by atoms with E-state index < -0.39 is 0 Å². The molecule has 0 spiro atoms. The van der Waals surface area contributed by atoms with Gasteiger partial charge >= 0.3 is 0 Å². The van der Waals surface area contributed by atoms with Crippen LogP contribution in [0.1, 0.15) is 0 Å². The molecule has 14 rings (SSSR count). The SMILES string of the molecule is c1ccc(-c2nc(-c3cccc(-c4cc(-c5ccc6ccccc6c5)cc(-c5cc6ccccc6c6ccccc56)c4)c3)cc(-c3cc4ccccc4c4c3sc3ccc5ccccc5c34)n2)cc1. The molecule has 0 saturated heterocycles. The zero-order chi connectivity index (χ0) is 45.4. The minimum atomic E-state index is 0.699. The molecule has 0 unspecified atom stereocenters. The second-order valence-electron chi connectivity index (χ2n) is 18.1. The average Bonchev–Trinajstić information content (AvgIpc) is 3.83. The summed E-state index contributed by atoms with van der Waals surface area (Å²) in [5.41, 5.74) is 11.9. The highest BCUT2D eigenvalue weighted by molar-refractivity contribution is 7.26. The van der Waals surface area contributed by atoms with Crippen molar-refractivity contribution in [2.75, 3.05) is 0 Å². The molecule has 14 aromatic rings. The molecule has 12 aromatic carbocycles. The fourth-order valence-corrected chi connectivity index (χ4v) is 11.9. The molecule has 0 aliphatic rings. The van der Waals surface area contributed by atoms with E-state index in [0.29, 0.717) is 5.82 Å². The fourth-order valence-electron chi connectivity index (χ4n) is 10.7. The molecule has 2 aromatic heterocycles. The number of rotatable bonds is 6. The summed E-state index contributed by atoms with van der Waals surface area (Å²) < 4.78 is 2.50. The molecule has 2 heterocycles. The Hall–Kier alpha value is -8.76. The summed E-state index contributed by atoms with van der Waals surface area (Å²) in [4.78, 5) is 10.8. The molecule has 3 heteroatoms. The van der Waals surface area contributed by atoms with Gasteiger partial charge in [-0.1, -0.05) is 188 Å². The van der Waals surface area contributed by atoms with Crippen molar-refractivity contribution < 1.29 is 0 Å². The van der Waals surface area contributed by atoms with Crippen molar-refractivity contribution >= 4 is 85.4 Å². The van der Waals surface area contributed by atoms with E-state index in [-0.39, 0.29) is 0 Å². The maximum atomic E-state index is 5.42. The summed E-state index contributed by atoms with van der Waals surface area (Å²) in [6, 6.07) is 88.4. The van der Waals surface area contributed by atoms with Crippen molar-refractivity contribution in [2.45, 2.75) is 0 Å². The Bertz CT molecular complexity index is 4380. The van der Waals surface area contributed by atoms with Crippen LogP contribution in [-0.4, -0.2) is 9.97 Å². The van der Waals surface area contributed by atoms with E-state index in [2.05, 4.69) is 237 Å². The van der Waals surface area contributed by atoms with E-state index in [1.54, 1.807) is 0 Å². The molecule has 69 heavy (non-hydrogen) atoms. The van der Waals surface area contributed by atoms with Gasteiger partial charge in [-0.3, -0.25) is 0 Å². The number of thiophene rings is 1. The van der Waals surface area contributed by atoms with Gasteiger partial charge in [0.05, 0.1) is 11.4 Å². The molecule has 320 valence electrons. The molecular formula is C66H40N2S. The van der Waals surface area contributed by atoms with Gasteiger partial charge in [-0.05, 0) is 142 Å².